The molecule has 0 aromatic heterocycles. The minimum atomic E-state index is -1.20. The highest BCUT2D eigenvalue weighted by molar-refractivity contribution is 7.99. The predicted octanol–water partition coefficient (Wildman–Crippen LogP) is -1.38. The van der Waals surface area contributed by atoms with Gasteiger partial charge in [0.15, 0.2) is 0 Å². The summed E-state index contributed by atoms with van der Waals surface area (Å²) in [6.07, 6.45) is -0.182. The van der Waals surface area contributed by atoms with E-state index in [1.54, 1.807) is 0 Å². The molecule has 0 rings (SSSR count). The highest BCUT2D eigenvalue weighted by atomic mass is 32.2. The van der Waals surface area contributed by atoms with Crippen LogP contribution in [-0.4, -0.2) is 64.1 Å². The van der Waals surface area contributed by atoms with Gasteiger partial charge in [-0.2, -0.15) is 11.8 Å². The van der Waals surface area contributed by atoms with Crippen LogP contribution in [0.4, 0.5) is 0 Å². The molecule has 0 saturated carbocycles. The molecule has 0 aliphatic heterocycles. The number of carboxylic acid groups (broad SMARTS) is 2. The van der Waals surface area contributed by atoms with E-state index in [2.05, 4.69) is 10.6 Å². The first-order chi connectivity index (χ1) is 10.3. The lowest BCUT2D eigenvalue weighted by molar-refractivity contribution is -0.139. The van der Waals surface area contributed by atoms with E-state index in [1.807, 2.05) is 6.92 Å². The van der Waals surface area contributed by atoms with Crippen molar-refractivity contribution in [2.24, 2.45) is 5.73 Å². The molecular formula is C12H21N3O6S. The van der Waals surface area contributed by atoms with Crippen LogP contribution >= 0.6 is 11.8 Å². The molecular weight excluding hydrogens is 314 g/mol. The molecule has 0 aliphatic rings. The fourth-order valence-electron chi connectivity index (χ4n) is 1.38. The van der Waals surface area contributed by atoms with Crippen molar-refractivity contribution >= 4 is 35.5 Å². The number of carboxylic acids is 2. The molecule has 0 aromatic rings. The van der Waals surface area contributed by atoms with Crippen molar-refractivity contribution in [3.8, 4) is 0 Å². The number of hydrogen-bond donors (Lipinski definition) is 5. The molecule has 2 unspecified atom stereocenters. The van der Waals surface area contributed by atoms with Crippen LogP contribution in [-0.2, 0) is 19.2 Å². The summed E-state index contributed by atoms with van der Waals surface area (Å²) >= 11 is 1.41. The second-order valence-electron chi connectivity index (χ2n) is 4.37. The molecule has 0 radical (unpaired) electrons. The van der Waals surface area contributed by atoms with Gasteiger partial charge in [-0.05, 0) is 12.2 Å². The normalized spacial score (nSPS) is 13.0. The van der Waals surface area contributed by atoms with Crippen LogP contribution in [0.15, 0.2) is 0 Å². The van der Waals surface area contributed by atoms with Crippen molar-refractivity contribution in [1.29, 1.82) is 0 Å². The first kappa shape index (κ1) is 20.2. The number of rotatable bonds is 11. The summed E-state index contributed by atoms with van der Waals surface area (Å²) in [7, 11) is 0. The molecule has 2 amide bonds. The zero-order chi connectivity index (χ0) is 17.1. The second kappa shape index (κ2) is 10.9. The van der Waals surface area contributed by atoms with E-state index in [1.165, 1.54) is 11.8 Å². The summed E-state index contributed by atoms with van der Waals surface area (Å²) in [5, 5.41) is 21.8. The van der Waals surface area contributed by atoms with Crippen molar-refractivity contribution in [3.05, 3.63) is 0 Å². The fourth-order valence-corrected chi connectivity index (χ4v) is 2.09. The van der Waals surface area contributed by atoms with E-state index in [-0.39, 0.29) is 12.8 Å². The highest BCUT2D eigenvalue weighted by Crippen LogP contribution is 2.04. The van der Waals surface area contributed by atoms with Gasteiger partial charge in [0.2, 0.25) is 11.8 Å². The molecule has 0 bridgehead atoms. The molecule has 126 valence electrons. The molecule has 0 spiro atoms. The Bertz CT molecular complexity index is 418. The SMILES string of the molecule is CCSCC(NC(=O)CCC(N)C(=O)O)C(=O)NCC(=O)O. The number of hydrogen-bond acceptors (Lipinski definition) is 6. The maximum absolute atomic E-state index is 11.8. The molecule has 6 N–H and O–H groups in total. The van der Waals surface area contributed by atoms with Crippen LogP contribution in [0, 0.1) is 0 Å². The lowest BCUT2D eigenvalue weighted by Crippen LogP contribution is -2.49. The van der Waals surface area contributed by atoms with Crippen molar-refractivity contribution < 1.29 is 29.4 Å². The van der Waals surface area contributed by atoms with Gasteiger partial charge in [-0.15, -0.1) is 0 Å². The zero-order valence-electron chi connectivity index (χ0n) is 12.2. The maximum atomic E-state index is 11.8. The Morgan fingerprint density at radius 1 is 1.23 bits per heavy atom. The van der Waals surface area contributed by atoms with Gasteiger partial charge in [0.25, 0.3) is 0 Å². The van der Waals surface area contributed by atoms with Crippen LogP contribution in [0.25, 0.3) is 0 Å². The summed E-state index contributed by atoms with van der Waals surface area (Å²) in [5.74, 6) is -2.48. The van der Waals surface area contributed by atoms with Gasteiger partial charge >= 0.3 is 11.9 Å². The summed E-state index contributed by atoms with van der Waals surface area (Å²) in [5.41, 5.74) is 5.29. The summed E-state index contributed by atoms with van der Waals surface area (Å²) in [6.45, 7) is 1.34. The van der Waals surface area contributed by atoms with Gasteiger partial charge in [-0.1, -0.05) is 6.92 Å². The molecule has 22 heavy (non-hydrogen) atoms. The quantitative estimate of drug-likeness (QED) is 0.309. The van der Waals surface area contributed by atoms with E-state index in [0.29, 0.717) is 5.75 Å². The molecule has 2 atom stereocenters. The van der Waals surface area contributed by atoms with Crippen LogP contribution < -0.4 is 16.4 Å². The van der Waals surface area contributed by atoms with Crippen molar-refractivity contribution in [2.75, 3.05) is 18.1 Å². The molecule has 9 nitrogen and oxygen atoms in total. The van der Waals surface area contributed by atoms with Crippen molar-refractivity contribution in [1.82, 2.24) is 10.6 Å². The van der Waals surface area contributed by atoms with Crippen molar-refractivity contribution in [3.63, 3.8) is 0 Å². The first-order valence-electron chi connectivity index (χ1n) is 6.62. The Kier molecular flexibility index (Phi) is 9.96. The van der Waals surface area contributed by atoms with E-state index < -0.39 is 42.4 Å². The number of carbonyl (C=O) groups excluding carboxylic acids is 2. The number of aliphatic carboxylic acids is 2. The number of amides is 2. The van der Waals surface area contributed by atoms with Gasteiger partial charge in [0, 0.05) is 12.2 Å². The molecule has 0 heterocycles. The third-order valence-electron chi connectivity index (χ3n) is 2.55. The number of thioether (sulfide) groups is 1. The van der Waals surface area contributed by atoms with Crippen LogP contribution in [0.2, 0.25) is 0 Å². The monoisotopic (exact) mass is 335 g/mol. The van der Waals surface area contributed by atoms with E-state index >= 15 is 0 Å². The Labute approximate surface area is 132 Å². The standard InChI is InChI=1S/C12H21N3O6S/c1-2-22-6-8(11(19)14-5-10(17)18)15-9(16)4-3-7(13)12(20)21/h7-8H,2-6,13H2,1H3,(H,14,19)(H,15,16)(H,17,18)(H,20,21). The van der Waals surface area contributed by atoms with Gasteiger partial charge < -0.3 is 26.6 Å². The van der Waals surface area contributed by atoms with Crippen LogP contribution in [0.5, 0.6) is 0 Å². The van der Waals surface area contributed by atoms with Gasteiger partial charge in [0.05, 0.1) is 0 Å². The van der Waals surface area contributed by atoms with Crippen LogP contribution in [0.3, 0.4) is 0 Å². The molecule has 0 aliphatic carbocycles. The first-order valence-corrected chi connectivity index (χ1v) is 7.78. The number of carbonyl (C=O) groups is 4. The molecule has 0 fully saturated rings. The van der Waals surface area contributed by atoms with Crippen molar-refractivity contribution in [2.45, 2.75) is 31.8 Å². The minimum absolute atomic E-state index is 0.0500. The third kappa shape index (κ3) is 9.19. The lowest BCUT2D eigenvalue weighted by atomic mass is 10.1. The Balaban J connectivity index is 4.43. The van der Waals surface area contributed by atoms with Crippen LogP contribution in [0.1, 0.15) is 19.8 Å². The smallest absolute Gasteiger partial charge is 0.322 e. The second-order valence-corrected chi connectivity index (χ2v) is 5.69. The summed E-state index contributed by atoms with van der Waals surface area (Å²) < 4.78 is 0. The number of nitrogens with two attached hydrogens (primary N) is 1. The van der Waals surface area contributed by atoms with E-state index in [4.69, 9.17) is 15.9 Å². The Morgan fingerprint density at radius 2 is 1.86 bits per heavy atom. The van der Waals surface area contributed by atoms with E-state index in [0.717, 1.165) is 5.75 Å². The Morgan fingerprint density at radius 3 is 2.36 bits per heavy atom. The summed E-state index contributed by atoms with van der Waals surface area (Å²) in [6, 6.07) is -2.02. The lowest BCUT2D eigenvalue weighted by Gasteiger charge is -2.17. The predicted molar refractivity (Wildman–Crippen MR) is 80.4 cm³/mol. The minimum Gasteiger partial charge on any atom is -0.480 e. The topological polar surface area (TPSA) is 159 Å². The van der Waals surface area contributed by atoms with Gasteiger partial charge in [-0.3, -0.25) is 19.2 Å². The Hall–Kier alpha value is -1.81. The average molecular weight is 335 g/mol. The number of nitrogens with one attached hydrogen (secondary N) is 2. The zero-order valence-corrected chi connectivity index (χ0v) is 13.0. The van der Waals surface area contributed by atoms with Gasteiger partial charge in [-0.25, -0.2) is 0 Å². The van der Waals surface area contributed by atoms with Gasteiger partial charge in [0.1, 0.15) is 18.6 Å². The highest BCUT2D eigenvalue weighted by Gasteiger charge is 2.22. The largest absolute Gasteiger partial charge is 0.480 e. The third-order valence-corrected chi connectivity index (χ3v) is 3.53. The summed E-state index contributed by atoms with van der Waals surface area (Å²) in [4.78, 5) is 44.5. The maximum Gasteiger partial charge on any atom is 0.322 e. The molecule has 0 saturated heterocycles. The fraction of sp³-hybridized carbons (Fsp3) is 0.667. The average Bonchev–Trinajstić information content (AvgIpc) is 2.46. The molecule has 10 heteroatoms. The van der Waals surface area contributed by atoms with E-state index in [9.17, 15) is 19.2 Å². The molecule has 0 aromatic carbocycles.